The van der Waals surface area contributed by atoms with E-state index in [-0.39, 0.29) is 5.91 Å². The lowest BCUT2D eigenvalue weighted by Gasteiger charge is -2.30. The second kappa shape index (κ2) is 10.6. The number of halogens is 1. The van der Waals surface area contributed by atoms with Crippen molar-refractivity contribution in [3.63, 3.8) is 0 Å². The maximum atomic E-state index is 12.8. The molecule has 1 N–H and O–H groups in total. The van der Waals surface area contributed by atoms with Gasteiger partial charge in [0.2, 0.25) is 0 Å². The summed E-state index contributed by atoms with van der Waals surface area (Å²) < 4.78 is 16.3. The van der Waals surface area contributed by atoms with Crippen molar-refractivity contribution >= 4 is 23.2 Å². The van der Waals surface area contributed by atoms with Crippen LogP contribution >= 0.6 is 11.6 Å². The van der Waals surface area contributed by atoms with Gasteiger partial charge in [-0.2, -0.15) is 0 Å². The lowest BCUT2D eigenvalue weighted by Crippen LogP contribution is -2.44. The standard InChI is InChI=1S/C19H30ClNO4/c1-6-9-25-19(4,13-14(2)3)18(22)21-15-7-8-17(16(20)12-15)24-11-10-23-5/h7-8,12,14H,6,9-11,13H2,1-5H3,(H,21,22)/t19-/m0/s1. The molecule has 0 unspecified atom stereocenters. The minimum Gasteiger partial charge on any atom is -0.490 e. The van der Waals surface area contributed by atoms with E-state index in [2.05, 4.69) is 19.2 Å². The highest BCUT2D eigenvalue weighted by atomic mass is 35.5. The average molecular weight is 372 g/mol. The first kappa shape index (κ1) is 21.7. The summed E-state index contributed by atoms with van der Waals surface area (Å²) in [6, 6.07) is 5.18. The Kier molecular flexibility index (Phi) is 9.25. The van der Waals surface area contributed by atoms with Gasteiger partial charge in [0, 0.05) is 19.4 Å². The lowest BCUT2D eigenvalue weighted by molar-refractivity contribution is -0.141. The number of anilines is 1. The van der Waals surface area contributed by atoms with Gasteiger partial charge in [0.15, 0.2) is 0 Å². The number of carbonyl (C=O) groups is 1. The molecule has 0 saturated carbocycles. The van der Waals surface area contributed by atoms with Crippen LogP contribution in [0.4, 0.5) is 5.69 Å². The Bertz CT molecular complexity index is 550. The molecule has 0 aliphatic carbocycles. The molecule has 0 fully saturated rings. The molecule has 5 nitrogen and oxygen atoms in total. The SMILES string of the molecule is CCCO[C@@](C)(CC(C)C)C(=O)Nc1ccc(OCCOC)c(Cl)c1. The van der Waals surface area contributed by atoms with Crippen LogP contribution in [0, 0.1) is 5.92 Å². The summed E-state index contributed by atoms with van der Waals surface area (Å²) in [6.07, 6.45) is 1.51. The van der Waals surface area contributed by atoms with Gasteiger partial charge in [-0.25, -0.2) is 0 Å². The highest BCUT2D eigenvalue weighted by molar-refractivity contribution is 6.32. The van der Waals surface area contributed by atoms with Gasteiger partial charge >= 0.3 is 0 Å². The fraction of sp³-hybridized carbons (Fsp3) is 0.632. The van der Waals surface area contributed by atoms with Gasteiger partial charge < -0.3 is 19.5 Å². The highest BCUT2D eigenvalue weighted by Gasteiger charge is 2.35. The summed E-state index contributed by atoms with van der Waals surface area (Å²) in [5, 5.41) is 3.34. The zero-order valence-corrected chi connectivity index (χ0v) is 16.6. The van der Waals surface area contributed by atoms with Crippen LogP contribution in [0.3, 0.4) is 0 Å². The maximum absolute atomic E-state index is 12.8. The number of hydrogen-bond donors (Lipinski definition) is 1. The molecule has 1 aromatic rings. The van der Waals surface area contributed by atoms with Crippen molar-refractivity contribution in [2.75, 3.05) is 32.2 Å². The normalized spacial score (nSPS) is 13.6. The van der Waals surface area contributed by atoms with E-state index in [1.165, 1.54) is 0 Å². The van der Waals surface area contributed by atoms with Gasteiger partial charge in [-0.05, 0) is 43.9 Å². The Labute approximate surface area is 156 Å². The number of amides is 1. The van der Waals surface area contributed by atoms with Gasteiger partial charge in [-0.15, -0.1) is 0 Å². The van der Waals surface area contributed by atoms with Crippen LogP contribution in [-0.2, 0) is 14.3 Å². The zero-order chi connectivity index (χ0) is 18.9. The van der Waals surface area contributed by atoms with Crippen molar-refractivity contribution < 1.29 is 19.0 Å². The average Bonchev–Trinajstić information content (AvgIpc) is 2.54. The fourth-order valence-corrected chi connectivity index (χ4v) is 2.75. The first-order chi connectivity index (χ1) is 11.8. The van der Waals surface area contributed by atoms with Crippen molar-refractivity contribution in [2.24, 2.45) is 5.92 Å². The van der Waals surface area contributed by atoms with Crippen molar-refractivity contribution in [1.82, 2.24) is 0 Å². The number of benzene rings is 1. The summed E-state index contributed by atoms with van der Waals surface area (Å²) >= 11 is 6.23. The minimum absolute atomic E-state index is 0.168. The first-order valence-electron chi connectivity index (χ1n) is 8.69. The second-order valence-electron chi connectivity index (χ2n) is 6.62. The Morgan fingerprint density at radius 3 is 2.56 bits per heavy atom. The van der Waals surface area contributed by atoms with E-state index in [0.717, 1.165) is 6.42 Å². The van der Waals surface area contributed by atoms with Crippen molar-refractivity contribution in [2.45, 2.75) is 46.1 Å². The topological polar surface area (TPSA) is 56.8 Å². The third-order valence-corrected chi connectivity index (χ3v) is 3.93. The molecule has 25 heavy (non-hydrogen) atoms. The van der Waals surface area contributed by atoms with Crippen LogP contribution in [0.25, 0.3) is 0 Å². The van der Waals surface area contributed by atoms with Gasteiger partial charge in [-0.3, -0.25) is 4.79 Å². The molecule has 1 rings (SSSR count). The number of carbonyl (C=O) groups excluding carboxylic acids is 1. The largest absolute Gasteiger partial charge is 0.490 e. The molecule has 1 amide bonds. The summed E-state index contributed by atoms with van der Waals surface area (Å²) in [5.74, 6) is 0.732. The van der Waals surface area contributed by atoms with E-state index in [1.54, 1.807) is 25.3 Å². The molecule has 6 heteroatoms. The molecule has 0 saturated heterocycles. The number of rotatable bonds is 11. The van der Waals surface area contributed by atoms with Gasteiger partial charge in [0.25, 0.3) is 5.91 Å². The van der Waals surface area contributed by atoms with Crippen LogP contribution in [0.2, 0.25) is 5.02 Å². The molecule has 0 aromatic heterocycles. The fourth-order valence-electron chi connectivity index (χ4n) is 2.52. The number of hydrogen-bond acceptors (Lipinski definition) is 4. The Balaban J connectivity index is 2.80. The third-order valence-electron chi connectivity index (χ3n) is 3.64. The Morgan fingerprint density at radius 2 is 2.00 bits per heavy atom. The lowest BCUT2D eigenvalue weighted by atomic mass is 9.93. The van der Waals surface area contributed by atoms with E-state index in [4.69, 9.17) is 25.8 Å². The van der Waals surface area contributed by atoms with E-state index in [1.807, 2.05) is 13.8 Å². The Morgan fingerprint density at radius 1 is 1.28 bits per heavy atom. The minimum atomic E-state index is -0.871. The predicted octanol–water partition coefficient (Wildman–Crippen LogP) is 4.54. The summed E-state index contributed by atoms with van der Waals surface area (Å²) in [7, 11) is 1.61. The maximum Gasteiger partial charge on any atom is 0.256 e. The summed E-state index contributed by atoms with van der Waals surface area (Å²) in [6.45, 7) is 9.45. The smallest absolute Gasteiger partial charge is 0.256 e. The molecule has 0 spiro atoms. The van der Waals surface area contributed by atoms with Gasteiger partial charge in [0.1, 0.15) is 18.0 Å². The van der Waals surface area contributed by atoms with Crippen molar-refractivity contribution in [3.05, 3.63) is 23.2 Å². The molecule has 142 valence electrons. The number of nitrogens with one attached hydrogen (secondary N) is 1. The van der Waals surface area contributed by atoms with Gasteiger partial charge in [0.05, 0.1) is 11.6 Å². The van der Waals surface area contributed by atoms with Gasteiger partial charge in [-0.1, -0.05) is 32.4 Å². The summed E-state index contributed by atoms with van der Waals surface area (Å²) in [4.78, 5) is 12.8. The van der Waals surface area contributed by atoms with E-state index in [9.17, 15) is 4.79 Å². The number of ether oxygens (including phenoxy) is 3. The predicted molar refractivity (Wildman–Crippen MR) is 102 cm³/mol. The monoisotopic (exact) mass is 371 g/mol. The number of methoxy groups -OCH3 is 1. The van der Waals surface area contributed by atoms with Crippen LogP contribution in [0.15, 0.2) is 18.2 Å². The van der Waals surface area contributed by atoms with E-state index < -0.39 is 5.60 Å². The van der Waals surface area contributed by atoms with Crippen LogP contribution in [-0.4, -0.2) is 38.4 Å². The molecular formula is C19H30ClNO4. The van der Waals surface area contributed by atoms with Crippen LogP contribution in [0.1, 0.15) is 40.5 Å². The first-order valence-corrected chi connectivity index (χ1v) is 9.07. The summed E-state index contributed by atoms with van der Waals surface area (Å²) in [5.41, 5.74) is -0.256. The molecular weight excluding hydrogens is 342 g/mol. The highest BCUT2D eigenvalue weighted by Crippen LogP contribution is 2.29. The molecule has 0 bridgehead atoms. The molecule has 1 atom stereocenters. The molecule has 0 aliphatic rings. The molecule has 1 aromatic carbocycles. The van der Waals surface area contributed by atoms with E-state index in [0.29, 0.717) is 48.6 Å². The zero-order valence-electron chi connectivity index (χ0n) is 15.9. The Hall–Kier alpha value is -1.30. The van der Waals surface area contributed by atoms with Crippen molar-refractivity contribution in [1.29, 1.82) is 0 Å². The quantitative estimate of drug-likeness (QED) is 0.580. The second-order valence-corrected chi connectivity index (χ2v) is 7.03. The van der Waals surface area contributed by atoms with Crippen LogP contribution in [0.5, 0.6) is 5.75 Å². The van der Waals surface area contributed by atoms with E-state index >= 15 is 0 Å². The molecule has 0 aliphatic heterocycles. The molecule has 0 radical (unpaired) electrons. The van der Waals surface area contributed by atoms with Crippen LogP contribution < -0.4 is 10.1 Å². The third kappa shape index (κ3) is 7.22. The van der Waals surface area contributed by atoms with Crippen molar-refractivity contribution in [3.8, 4) is 5.75 Å². The molecule has 0 heterocycles.